The van der Waals surface area contributed by atoms with Crippen LogP contribution in [0.1, 0.15) is 39.0 Å². The summed E-state index contributed by atoms with van der Waals surface area (Å²) in [5, 5.41) is 0. The molecule has 1 aliphatic carbocycles. The Labute approximate surface area is 80.5 Å². The lowest BCUT2D eigenvalue weighted by molar-refractivity contribution is -0.113. The number of unbranched alkanes of at least 4 members (excludes halogenated alkanes) is 1. The molecule has 0 aromatic carbocycles. The molecular formula is C12H18O. The lowest BCUT2D eigenvalue weighted by Crippen LogP contribution is -2.00. The van der Waals surface area contributed by atoms with Crippen LogP contribution in [-0.4, -0.2) is 5.78 Å². The second kappa shape index (κ2) is 5.74. The molecule has 0 radical (unpaired) electrons. The second-order valence-electron chi connectivity index (χ2n) is 3.64. The van der Waals surface area contributed by atoms with Gasteiger partial charge >= 0.3 is 0 Å². The Bertz CT molecular complexity index is 213. The standard InChI is InChI=1S/C12H18O/c1-2-3-6-11-7-4-5-8-12(13)10-9-11/h4-5,9-11H,2-3,6-8H2,1H3/b5-4-,10-9-. The van der Waals surface area contributed by atoms with Crippen molar-refractivity contribution in [2.24, 2.45) is 5.92 Å². The molecule has 0 heterocycles. The summed E-state index contributed by atoms with van der Waals surface area (Å²) in [4.78, 5) is 11.1. The first-order valence-electron chi connectivity index (χ1n) is 5.19. The highest BCUT2D eigenvalue weighted by atomic mass is 16.1. The average Bonchev–Trinajstić information content (AvgIpc) is 2.11. The number of allylic oxidation sites excluding steroid dienone is 4. The molecule has 1 aliphatic rings. The third-order valence-electron chi connectivity index (χ3n) is 2.41. The first-order chi connectivity index (χ1) is 6.33. The van der Waals surface area contributed by atoms with Gasteiger partial charge in [0.2, 0.25) is 0 Å². The summed E-state index contributed by atoms with van der Waals surface area (Å²) < 4.78 is 0. The van der Waals surface area contributed by atoms with Gasteiger partial charge in [0, 0.05) is 6.42 Å². The van der Waals surface area contributed by atoms with Crippen molar-refractivity contribution >= 4 is 5.78 Å². The van der Waals surface area contributed by atoms with Gasteiger partial charge in [0.15, 0.2) is 5.78 Å². The molecule has 1 rings (SSSR count). The second-order valence-corrected chi connectivity index (χ2v) is 3.64. The molecular weight excluding hydrogens is 160 g/mol. The smallest absolute Gasteiger partial charge is 0.159 e. The number of carbonyl (C=O) groups excluding carboxylic acids is 1. The van der Waals surface area contributed by atoms with Crippen molar-refractivity contribution in [1.82, 2.24) is 0 Å². The van der Waals surface area contributed by atoms with Gasteiger partial charge in [0.25, 0.3) is 0 Å². The van der Waals surface area contributed by atoms with E-state index >= 15 is 0 Å². The van der Waals surface area contributed by atoms with Crippen molar-refractivity contribution < 1.29 is 4.79 Å². The quantitative estimate of drug-likeness (QED) is 0.606. The van der Waals surface area contributed by atoms with Gasteiger partial charge in [0.05, 0.1) is 0 Å². The molecule has 1 unspecified atom stereocenters. The van der Waals surface area contributed by atoms with Crippen LogP contribution in [0.3, 0.4) is 0 Å². The fraction of sp³-hybridized carbons (Fsp3) is 0.583. The Hall–Kier alpha value is -0.850. The van der Waals surface area contributed by atoms with Gasteiger partial charge in [-0.2, -0.15) is 0 Å². The highest BCUT2D eigenvalue weighted by molar-refractivity contribution is 5.90. The molecule has 0 aromatic rings. The number of hydrogen-bond donors (Lipinski definition) is 0. The maximum atomic E-state index is 11.1. The van der Waals surface area contributed by atoms with Crippen LogP contribution in [0.2, 0.25) is 0 Å². The molecule has 0 amide bonds. The number of carbonyl (C=O) groups is 1. The van der Waals surface area contributed by atoms with Crippen LogP contribution in [0, 0.1) is 5.92 Å². The zero-order chi connectivity index (χ0) is 9.52. The Morgan fingerprint density at radius 3 is 3.08 bits per heavy atom. The van der Waals surface area contributed by atoms with Gasteiger partial charge in [-0.3, -0.25) is 4.79 Å². The number of rotatable bonds is 3. The normalized spacial score (nSPS) is 27.8. The minimum atomic E-state index is 0.234. The summed E-state index contributed by atoms with van der Waals surface area (Å²) in [6.07, 6.45) is 13.4. The van der Waals surface area contributed by atoms with Crippen molar-refractivity contribution in [2.75, 3.05) is 0 Å². The third-order valence-corrected chi connectivity index (χ3v) is 2.41. The van der Waals surface area contributed by atoms with Crippen LogP contribution >= 0.6 is 0 Å². The fourth-order valence-electron chi connectivity index (χ4n) is 1.54. The predicted molar refractivity (Wildman–Crippen MR) is 55.5 cm³/mol. The highest BCUT2D eigenvalue weighted by Gasteiger charge is 2.05. The van der Waals surface area contributed by atoms with E-state index < -0.39 is 0 Å². The monoisotopic (exact) mass is 178 g/mol. The first kappa shape index (κ1) is 10.2. The van der Waals surface area contributed by atoms with E-state index in [1.165, 1.54) is 19.3 Å². The molecule has 0 spiro atoms. The number of hydrogen-bond acceptors (Lipinski definition) is 1. The van der Waals surface area contributed by atoms with Gasteiger partial charge < -0.3 is 0 Å². The zero-order valence-electron chi connectivity index (χ0n) is 8.33. The van der Waals surface area contributed by atoms with Crippen molar-refractivity contribution in [1.29, 1.82) is 0 Å². The van der Waals surface area contributed by atoms with Crippen LogP contribution in [-0.2, 0) is 4.79 Å². The van der Waals surface area contributed by atoms with Crippen molar-refractivity contribution in [3.63, 3.8) is 0 Å². The summed E-state index contributed by atoms with van der Waals surface area (Å²) >= 11 is 0. The van der Waals surface area contributed by atoms with E-state index in [9.17, 15) is 4.79 Å². The van der Waals surface area contributed by atoms with E-state index in [2.05, 4.69) is 19.1 Å². The maximum absolute atomic E-state index is 11.1. The minimum Gasteiger partial charge on any atom is -0.295 e. The minimum absolute atomic E-state index is 0.234. The Balaban J connectivity index is 2.43. The van der Waals surface area contributed by atoms with Gasteiger partial charge in [-0.15, -0.1) is 0 Å². The molecule has 1 heteroatoms. The van der Waals surface area contributed by atoms with E-state index in [0.29, 0.717) is 12.3 Å². The molecule has 0 aromatic heterocycles. The molecule has 1 atom stereocenters. The van der Waals surface area contributed by atoms with Crippen molar-refractivity contribution in [3.05, 3.63) is 24.3 Å². The Morgan fingerprint density at radius 1 is 1.46 bits per heavy atom. The van der Waals surface area contributed by atoms with E-state index in [1.54, 1.807) is 6.08 Å². The SMILES string of the molecule is CCCCC1/C=C\C(=O)C/C=C\C1. The lowest BCUT2D eigenvalue weighted by Gasteiger charge is -2.10. The van der Waals surface area contributed by atoms with Gasteiger partial charge in [-0.05, 0) is 24.8 Å². The van der Waals surface area contributed by atoms with Crippen LogP contribution in [0.15, 0.2) is 24.3 Å². The van der Waals surface area contributed by atoms with E-state index in [0.717, 1.165) is 6.42 Å². The molecule has 72 valence electrons. The summed E-state index contributed by atoms with van der Waals surface area (Å²) in [5.41, 5.74) is 0. The highest BCUT2D eigenvalue weighted by Crippen LogP contribution is 2.16. The van der Waals surface area contributed by atoms with Crippen molar-refractivity contribution in [2.45, 2.75) is 39.0 Å². The van der Waals surface area contributed by atoms with Crippen LogP contribution < -0.4 is 0 Å². The Kier molecular flexibility index (Phi) is 4.52. The summed E-state index contributed by atoms with van der Waals surface area (Å²) in [6.45, 7) is 2.20. The lowest BCUT2D eigenvalue weighted by atomic mass is 9.95. The molecule has 13 heavy (non-hydrogen) atoms. The molecule has 0 N–H and O–H groups in total. The van der Waals surface area contributed by atoms with E-state index in [1.807, 2.05) is 6.08 Å². The van der Waals surface area contributed by atoms with Gasteiger partial charge in [0.1, 0.15) is 0 Å². The summed E-state index contributed by atoms with van der Waals surface area (Å²) in [5.74, 6) is 0.817. The summed E-state index contributed by atoms with van der Waals surface area (Å²) in [6, 6.07) is 0. The Morgan fingerprint density at radius 2 is 2.31 bits per heavy atom. The predicted octanol–water partition coefficient (Wildman–Crippen LogP) is 3.27. The van der Waals surface area contributed by atoms with Crippen LogP contribution in [0.4, 0.5) is 0 Å². The maximum Gasteiger partial charge on any atom is 0.159 e. The molecule has 0 bridgehead atoms. The van der Waals surface area contributed by atoms with Gasteiger partial charge in [-0.1, -0.05) is 38.0 Å². The van der Waals surface area contributed by atoms with Crippen LogP contribution in [0.25, 0.3) is 0 Å². The van der Waals surface area contributed by atoms with E-state index in [-0.39, 0.29) is 5.78 Å². The molecule has 0 saturated carbocycles. The fourth-order valence-corrected chi connectivity index (χ4v) is 1.54. The van der Waals surface area contributed by atoms with E-state index in [4.69, 9.17) is 0 Å². The van der Waals surface area contributed by atoms with Crippen LogP contribution in [0.5, 0.6) is 0 Å². The zero-order valence-corrected chi connectivity index (χ0v) is 8.33. The topological polar surface area (TPSA) is 17.1 Å². The van der Waals surface area contributed by atoms with Gasteiger partial charge in [-0.25, -0.2) is 0 Å². The largest absolute Gasteiger partial charge is 0.295 e. The molecule has 1 nitrogen and oxygen atoms in total. The average molecular weight is 178 g/mol. The molecule has 0 saturated heterocycles. The molecule has 0 fully saturated rings. The van der Waals surface area contributed by atoms with Crippen molar-refractivity contribution in [3.8, 4) is 0 Å². The summed E-state index contributed by atoms with van der Waals surface area (Å²) in [7, 11) is 0. The first-order valence-corrected chi connectivity index (χ1v) is 5.19. The number of ketones is 1. The molecule has 0 aliphatic heterocycles. The third kappa shape index (κ3) is 4.07.